The van der Waals surface area contributed by atoms with E-state index in [1.165, 1.54) is 25.0 Å². The van der Waals surface area contributed by atoms with E-state index in [0.717, 1.165) is 24.6 Å². The molecule has 0 radical (unpaired) electrons. The molecule has 0 aromatic carbocycles. The number of nitrogens with zero attached hydrogens (tertiary/aromatic N) is 2. The Balaban J connectivity index is 1.91. The predicted molar refractivity (Wildman–Crippen MR) is 69.9 cm³/mol. The van der Waals surface area contributed by atoms with Crippen LogP contribution in [0, 0.1) is 0 Å². The van der Waals surface area contributed by atoms with Crippen LogP contribution in [0.3, 0.4) is 0 Å². The Bertz CT molecular complexity index is 353. The quantitative estimate of drug-likeness (QED) is 0.896. The molecule has 4 nitrogen and oxygen atoms in total. The molecule has 96 valence electrons. The lowest BCUT2D eigenvalue weighted by molar-refractivity contribution is 0.353. The number of rotatable bonds is 4. The summed E-state index contributed by atoms with van der Waals surface area (Å²) < 4.78 is 5.28. The number of aromatic nitrogens is 2. The largest absolute Gasteiger partial charge is 0.339 e. The maximum Gasteiger partial charge on any atom is 0.226 e. The van der Waals surface area contributed by atoms with Crippen LogP contribution < -0.4 is 5.73 Å². The van der Waals surface area contributed by atoms with Gasteiger partial charge in [-0.25, -0.2) is 0 Å². The van der Waals surface area contributed by atoms with Crippen molar-refractivity contribution in [1.29, 1.82) is 0 Å². The van der Waals surface area contributed by atoms with Crippen molar-refractivity contribution < 1.29 is 4.52 Å². The van der Waals surface area contributed by atoms with Crippen molar-refractivity contribution in [3.8, 4) is 0 Å². The van der Waals surface area contributed by atoms with Crippen molar-refractivity contribution in [2.45, 2.75) is 56.7 Å². The third kappa shape index (κ3) is 4.00. The predicted octanol–water partition coefficient (Wildman–Crippen LogP) is 2.70. The van der Waals surface area contributed by atoms with E-state index in [0.29, 0.717) is 5.25 Å². The summed E-state index contributed by atoms with van der Waals surface area (Å²) >= 11 is 1.94. The molecule has 2 N–H and O–H groups in total. The Morgan fingerprint density at radius 2 is 2.29 bits per heavy atom. The zero-order valence-corrected chi connectivity index (χ0v) is 11.4. The van der Waals surface area contributed by atoms with Gasteiger partial charge in [0.2, 0.25) is 5.89 Å². The molecule has 2 heterocycles. The summed E-state index contributed by atoms with van der Waals surface area (Å²) in [7, 11) is 0. The van der Waals surface area contributed by atoms with E-state index in [1.54, 1.807) is 0 Å². The van der Waals surface area contributed by atoms with Crippen LogP contribution >= 0.6 is 11.8 Å². The van der Waals surface area contributed by atoms with Gasteiger partial charge < -0.3 is 10.3 Å². The Hall–Kier alpha value is -0.550. The molecule has 1 aliphatic heterocycles. The van der Waals surface area contributed by atoms with Crippen LogP contribution in [0.5, 0.6) is 0 Å². The molecule has 0 spiro atoms. The Morgan fingerprint density at radius 3 is 2.94 bits per heavy atom. The maximum absolute atomic E-state index is 5.94. The molecule has 1 atom stereocenters. The van der Waals surface area contributed by atoms with Crippen molar-refractivity contribution in [2.24, 2.45) is 5.73 Å². The van der Waals surface area contributed by atoms with E-state index in [2.05, 4.69) is 10.1 Å². The minimum Gasteiger partial charge on any atom is -0.339 e. The SMILES string of the molecule is CC(C)(N)CCc1nc(C2CCCCS2)no1. The van der Waals surface area contributed by atoms with Gasteiger partial charge in [-0.2, -0.15) is 16.7 Å². The zero-order valence-electron chi connectivity index (χ0n) is 10.6. The molecule has 5 heteroatoms. The van der Waals surface area contributed by atoms with E-state index in [1.807, 2.05) is 25.6 Å². The first kappa shape index (κ1) is 12.9. The zero-order chi connectivity index (χ0) is 12.3. The lowest BCUT2D eigenvalue weighted by atomic mass is 10.0. The standard InChI is InChI=1S/C12H21N3OS/c1-12(2,13)7-6-10-14-11(15-16-10)9-5-3-4-8-17-9/h9H,3-8,13H2,1-2H3. The fourth-order valence-electron chi connectivity index (χ4n) is 1.87. The van der Waals surface area contributed by atoms with Gasteiger partial charge in [-0.15, -0.1) is 0 Å². The van der Waals surface area contributed by atoms with Gasteiger partial charge in [0.1, 0.15) is 0 Å². The molecule has 1 saturated heterocycles. The van der Waals surface area contributed by atoms with Crippen LogP contribution in [0.15, 0.2) is 4.52 Å². The van der Waals surface area contributed by atoms with Crippen LogP contribution in [-0.4, -0.2) is 21.4 Å². The first-order valence-electron chi connectivity index (χ1n) is 6.27. The lowest BCUT2D eigenvalue weighted by Gasteiger charge is -2.17. The molecule has 1 fully saturated rings. The summed E-state index contributed by atoms with van der Waals surface area (Å²) in [4.78, 5) is 4.48. The van der Waals surface area contributed by atoms with Crippen LogP contribution in [0.25, 0.3) is 0 Å². The van der Waals surface area contributed by atoms with Gasteiger partial charge in [-0.3, -0.25) is 0 Å². The van der Waals surface area contributed by atoms with E-state index >= 15 is 0 Å². The average Bonchev–Trinajstić information content (AvgIpc) is 2.75. The van der Waals surface area contributed by atoms with Gasteiger partial charge in [-0.05, 0) is 38.9 Å². The molecule has 0 amide bonds. The molecule has 0 bridgehead atoms. The highest BCUT2D eigenvalue weighted by atomic mass is 32.2. The molecule has 1 aromatic heterocycles. The van der Waals surface area contributed by atoms with Crippen LogP contribution in [0.4, 0.5) is 0 Å². The molecular weight excluding hydrogens is 234 g/mol. The molecule has 17 heavy (non-hydrogen) atoms. The highest BCUT2D eigenvalue weighted by Gasteiger charge is 2.22. The van der Waals surface area contributed by atoms with Gasteiger partial charge in [0.25, 0.3) is 0 Å². The van der Waals surface area contributed by atoms with Gasteiger partial charge in [-0.1, -0.05) is 11.6 Å². The molecular formula is C12H21N3OS. The monoisotopic (exact) mass is 255 g/mol. The van der Waals surface area contributed by atoms with Crippen molar-refractivity contribution in [3.05, 3.63) is 11.7 Å². The summed E-state index contributed by atoms with van der Waals surface area (Å²) in [6.45, 7) is 4.03. The third-order valence-electron chi connectivity index (χ3n) is 2.93. The van der Waals surface area contributed by atoms with Crippen molar-refractivity contribution in [3.63, 3.8) is 0 Å². The number of nitrogens with two attached hydrogens (primary N) is 1. The third-order valence-corrected chi connectivity index (χ3v) is 4.31. The molecule has 2 rings (SSSR count). The number of thioether (sulfide) groups is 1. The summed E-state index contributed by atoms with van der Waals surface area (Å²) in [5.74, 6) is 2.81. The molecule has 0 saturated carbocycles. The topological polar surface area (TPSA) is 64.9 Å². The van der Waals surface area contributed by atoms with Crippen LogP contribution in [0.2, 0.25) is 0 Å². The highest BCUT2D eigenvalue weighted by Crippen LogP contribution is 2.36. The second-order valence-electron chi connectivity index (χ2n) is 5.39. The summed E-state index contributed by atoms with van der Waals surface area (Å²) in [5.41, 5.74) is 5.77. The first-order valence-corrected chi connectivity index (χ1v) is 7.32. The van der Waals surface area contributed by atoms with Crippen molar-refractivity contribution >= 4 is 11.8 Å². The first-order chi connectivity index (χ1) is 8.04. The van der Waals surface area contributed by atoms with Crippen molar-refractivity contribution in [1.82, 2.24) is 10.1 Å². The number of hydrogen-bond donors (Lipinski definition) is 1. The Morgan fingerprint density at radius 1 is 1.47 bits per heavy atom. The van der Waals surface area contributed by atoms with Gasteiger partial charge in [0, 0.05) is 12.0 Å². The number of aryl methyl sites for hydroxylation is 1. The summed E-state index contributed by atoms with van der Waals surface area (Å²) in [6, 6.07) is 0. The molecule has 1 aliphatic rings. The van der Waals surface area contributed by atoms with E-state index in [4.69, 9.17) is 10.3 Å². The Labute approximate surface area is 107 Å². The van der Waals surface area contributed by atoms with E-state index in [-0.39, 0.29) is 5.54 Å². The van der Waals surface area contributed by atoms with Gasteiger partial charge >= 0.3 is 0 Å². The van der Waals surface area contributed by atoms with E-state index < -0.39 is 0 Å². The van der Waals surface area contributed by atoms with Gasteiger partial charge in [0.05, 0.1) is 5.25 Å². The second kappa shape index (κ2) is 5.40. The summed E-state index contributed by atoms with van der Waals surface area (Å²) in [5, 5.41) is 4.53. The average molecular weight is 255 g/mol. The Kier molecular flexibility index (Phi) is 4.09. The molecule has 1 unspecified atom stereocenters. The summed E-state index contributed by atoms with van der Waals surface area (Å²) in [6.07, 6.45) is 5.40. The lowest BCUT2D eigenvalue weighted by Crippen LogP contribution is -2.32. The van der Waals surface area contributed by atoms with Crippen LogP contribution in [0.1, 0.15) is 56.5 Å². The molecule has 1 aromatic rings. The second-order valence-corrected chi connectivity index (χ2v) is 6.70. The minimum atomic E-state index is -0.172. The van der Waals surface area contributed by atoms with Crippen LogP contribution in [-0.2, 0) is 6.42 Å². The smallest absolute Gasteiger partial charge is 0.226 e. The van der Waals surface area contributed by atoms with E-state index in [9.17, 15) is 0 Å². The minimum absolute atomic E-state index is 0.172. The highest BCUT2D eigenvalue weighted by molar-refractivity contribution is 7.99. The number of hydrogen-bond acceptors (Lipinski definition) is 5. The normalized spacial score (nSPS) is 21.7. The fraction of sp³-hybridized carbons (Fsp3) is 0.833. The van der Waals surface area contributed by atoms with Crippen molar-refractivity contribution in [2.75, 3.05) is 5.75 Å². The molecule has 0 aliphatic carbocycles. The maximum atomic E-state index is 5.94. The van der Waals surface area contributed by atoms with Gasteiger partial charge in [0.15, 0.2) is 5.82 Å². The fourth-order valence-corrected chi connectivity index (χ4v) is 3.11.